The van der Waals surface area contributed by atoms with Gasteiger partial charge in [0.15, 0.2) is 23.0 Å². The van der Waals surface area contributed by atoms with E-state index in [-0.39, 0.29) is 17.0 Å². The molecule has 0 aliphatic heterocycles. The second-order valence-corrected chi connectivity index (χ2v) is 3.93. The lowest BCUT2D eigenvalue weighted by Gasteiger charge is -2.06. The third-order valence-electron chi connectivity index (χ3n) is 2.47. The molecule has 0 atom stereocenters. The van der Waals surface area contributed by atoms with Crippen LogP contribution in [0, 0.1) is 10.1 Å². The number of aromatic carboxylic acids is 1. The lowest BCUT2D eigenvalue weighted by atomic mass is 10.0. The lowest BCUT2D eigenvalue weighted by molar-refractivity contribution is -0.383. The fourth-order valence-corrected chi connectivity index (χ4v) is 2.04. The van der Waals surface area contributed by atoms with Crippen LogP contribution < -0.4 is 3.07 Å². The first-order chi connectivity index (χ1) is 8.54. The summed E-state index contributed by atoms with van der Waals surface area (Å²) in [6.07, 6.45) is 0. The summed E-state index contributed by atoms with van der Waals surface area (Å²) in [4.78, 5) is 21.4. The highest BCUT2D eigenvalue weighted by atomic mass is 127. The van der Waals surface area contributed by atoms with Crippen molar-refractivity contribution < 1.29 is 17.9 Å². The summed E-state index contributed by atoms with van der Waals surface area (Å²) in [5.74, 6) is -1.06. The van der Waals surface area contributed by atoms with Gasteiger partial charge in [0.1, 0.15) is 11.3 Å². The Morgan fingerprint density at radius 2 is 2.11 bits per heavy atom. The van der Waals surface area contributed by atoms with Crippen LogP contribution in [0.4, 0.5) is 5.69 Å². The normalized spacial score (nSPS) is 10.3. The molecule has 0 aliphatic rings. The van der Waals surface area contributed by atoms with E-state index in [0.29, 0.717) is 10.8 Å². The molecule has 0 amide bonds. The van der Waals surface area contributed by atoms with Gasteiger partial charge < -0.3 is 8.17 Å². The van der Waals surface area contributed by atoms with Gasteiger partial charge >= 0.3 is 5.97 Å². The van der Waals surface area contributed by atoms with E-state index < -0.39 is 10.9 Å². The van der Waals surface area contributed by atoms with Crippen LogP contribution in [0.5, 0.6) is 5.75 Å². The molecule has 0 aromatic heterocycles. The largest absolute Gasteiger partial charge is 0.478 e. The van der Waals surface area contributed by atoms with Crippen LogP contribution in [0.1, 0.15) is 10.4 Å². The van der Waals surface area contributed by atoms with E-state index >= 15 is 0 Å². The first-order valence-corrected chi connectivity index (χ1v) is 5.65. The summed E-state index contributed by atoms with van der Waals surface area (Å²) < 4.78 is 4.92. The predicted octanol–water partition coefficient (Wildman–Crippen LogP) is 3.18. The molecule has 0 radical (unpaired) electrons. The Morgan fingerprint density at radius 3 is 2.67 bits per heavy atom. The van der Waals surface area contributed by atoms with Gasteiger partial charge in [0.05, 0.1) is 10.3 Å². The molecule has 92 valence electrons. The monoisotopic (exact) mass is 359 g/mol. The third kappa shape index (κ3) is 2.08. The van der Waals surface area contributed by atoms with E-state index in [1.54, 1.807) is 29.1 Å². The first-order valence-electron chi connectivity index (χ1n) is 4.77. The molecule has 0 heterocycles. The molecule has 7 heteroatoms. The van der Waals surface area contributed by atoms with Gasteiger partial charge in [-0.25, -0.2) is 4.79 Å². The highest BCUT2D eigenvalue weighted by molar-refractivity contribution is 14.1. The molecule has 0 unspecified atom stereocenters. The zero-order valence-corrected chi connectivity index (χ0v) is 10.9. The Bertz CT molecular complexity index is 655. The van der Waals surface area contributed by atoms with Crippen LogP contribution in [0.15, 0.2) is 30.3 Å². The van der Waals surface area contributed by atoms with Crippen molar-refractivity contribution in [1.82, 2.24) is 0 Å². The molecule has 2 rings (SSSR count). The van der Waals surface area contributed by atoms with E-state index in [4.69, 9.17) is 8.17 Å². The molecule has 6 nitrogen and oxygen atoms in total. The number of nitrogens with zero attached hydrogens (tertiary/aromatic N) is 1. The molecule has 0 spiro atoms. The van der Waals surface area contributed by atoms with Gasteiger partial charge in [0, 0.05) is 6.07 Å². The average Bonchev–Trinajstić information content (AvgIpc) is 2.35. The predicted molar refractivity (Wildman–Crippen MR) is 72.2 cm³/mol. The number of carboxylic acid groups (broad SMARTS) is 1. The number of halogens is 1. The van der Waals surface area contributed by atoms with Crippen LogP contribution in [0.2, 0.25) is 0 Å². The molecule has 18 heavy (non-hydrogen) atoms. The molecule has 0 saturated carbocycles. The second-order valence-electron chi connectivity index (χ2n) is 3.49. The van der Waals surface area contributed by atoms with Crippen LogP contribution in [0.3, 0.4) is 0 Å². The molecule has 0 fully saturated rings. The maximum Gasteiger partial charge on any atom is 0.339 e. The minimum absolute atomic E-state index is 0.0302. The van der Waals surface area contributed by atoms with Crippen LogP contribution in [-0.2, 0) is 0 Å². The highest BCUT2D eigenvalue weighted by Gasteiger charge is 2.17. The van der Waals surface area contributed by atoms with Crippen molar-refractivity contribution >= 4 is 45.4 Å². The van der Waals surface area contributed by atoms with Crippen molar-refractivity contribution in [3.8, 4) is 5.75 Å². The number of fused-ring (bicyclic) bond motifs is 1. The summed E-state index contributed by atoms with van der Waals surface area (Å²) in [5.41, 5.74) is -0.114. The van der Waals surface area contributed by atoms with Gasteiger partial charge in [0.2, 0.25) is 0 Å². The Labute approximate surface area is 115 Å². The Kier molecular flexibility index (Phi) is 3.32. The van der Waals surface area contributed by atoms with E-state index in [2.05, 4.69) is 0 Å². The van der Waals surface area contributed by atoms with Gasteiger partial charge in [-0.05, 0) is 17.5 Å². The van der Waals surface area contributed by atoms with Crippen molar-refractivity contribution in [1.29, 1.82) is 0 Å². The number of nitro groups is 1. The Hall–Kier alpha value is -1.90. The van der Waals surface area contributed by atoms with Crippen molar-refractivity contribution in [2.24, 2.45) is 0 Å². The van der Waals surface area contributed by atoms with E-state index in [1.807, 2.05) is 0 Å². The number of benzene rings is 2. The molecule has 1 N–H and O–H groups in total. The quantitative estimate of drug-likeness (QED) is 0.517. The van der Waals surface area contributed by atoms with E-state index in [9.17, 15) is 14.9 Å². The zero-order chi connectivity index (χ0) is 13.3. The zero-order valence-electron chi connectivity index (χ0n) is 8.79. The van der Waals surface area contributed by atoms with Gasteiger partial charge in [-0.3, -0.25) is 10.1 Å². The van der Waals surface area contributed by atoms with Crippen LogP contribution in [0.25, 0.3) is 10.8 Å². The summed E-state index contributed by atoms with van der Waals surface area (Å²) in [5, 5.41) is 20.7. The average molecular weight is 359 g/mol. The number of hydrogen-bond donors (Lipinski definition) is 1. The Morgan fingerprint density at radius 1 is 1.39 bits per heavy atom. The molecule has 2 aromatic rings. The molecule has 0 bridgehead atoms. The second kappa shape index (κ2) is 4.77. The van der Waals surface area contributed by atoms with Gasteiger partial charge in [-0.1, -0.05) is 12.1 Å². The topological polar surface area (TPSA) is 89.7 Å². The van der Waals surface area contributed by atoms with E-state index in [1.165, 1.54) is 24.3 Å². The number of carboxylic acids is 1. The number of non-ortho nitro benzene ring substituents is 1. The Balaban J connectivity index is 2.82. The minimum Gasteiger partial charge on any atom is -0.478 e. The fraction of sp³-hybridized carbons (Fsp3) is 0. The summed E-state index contributed by atoms with van der Waals surface area (Å²) >= 11 is 1.54. The maximum absolute atomic E-state index is 11.0. The molecular formula is C11H6INO5. The number of rotatable bonds is 3. The number of hydrogen-bond acceptors (Lipinski definition) is 4. The van der Waals surface area contributed by atoms with Gasteiger partial charge in [-0.2, -0.15) is 0 Å². The van der Waals surface area contributed by atoms with Crippen LogP contribution in [-0.4, -0.2) is 16.0 Å². The van der Waals surface area contributed by atoms with Crippen LogP contribution >= 0.6 is 23.0 Å². The first kappa shape index (κ1) is 12.6. The molecular weight excluding hydrogens is 353 g/mol. The van der Waals surface area contributed by atoms with E-state index in [0.717, 1.165) is 0 Å². The fourth-order valence-electron chi connectivity index (χ4n) is 1.68. The smallest absolute Gasteiger partial charge is 0.339 e. The highest BCUT2D eigenvalue weighted by Crippen LogP contribution is 2.32. The summed E-state index contributed by atoms with van der Waals surface area (Å²) in [6.45, 7) is 0. The standard InChI is InChI=1S/C11H6INO5/c12-18-10-5-7-6(4-8(10)11(14)15)2-1-3-9(7)13(16)17/h1-5H,(H,14,15). The molecule has 0 saturated heterocycles. The maximum atomic E-state index is 11.0. The van der Waals surface area contributed by atoms with Crippen molar-refractivity contribution in [3.05, 3.63) is 46.0 Å². The van der Waals surface area contributed by atoms with Crippen molar-refractivity contribution in [2.45, 2.75) is 0 Å². The third-order valence-corrected chi connectivity index (χ3v) is 2.94. The molecule has 2 aromatic carbocycles. The lowest BCUT2D eigenvalue weighted by Crippen LogP contribution is -1.99. The minimum atomic E-state index is -1.14. The van der Waals surface area contributed by atoms with Crippen molar-refractivity contribution in [3.63, 3.8) is 0 Å². The molecule has 0 aliphatic carbocycles. The van der Waals surface area contributed by atoms with Gasteiger partial charge in [0.25, 0.3) is 5.69 Å². The number of carbonyl (C=O) groups is 1. The SMILES string of the molecule is O=C(O)c1cc2cccc([N+](=O)[O-])c2cc1OI. The number of nitro benzene ring substituents is 1. The summed E-state index contributed by atoms with van der Waals surface area (Å²) in [6, 6.07) is 7.21. The summed E-state index contributed by atoms with van der Waals surface area (Å²) in [7, 11) is 0. The van der Waals surface area contributed by atoms with Gasteiger partial charge in [-0.15, -0.1) is 0 Å². The van der Waals surface area contributed by atoms with Crippen molar-refractivity contribution in [2.75, 3.05) is 0 Å².